The highest BCUT2D eigenvalue weighted by atomic mass is 32.2. The number of carbonyl (C=O) groups is 1. The molecule has 1 heterocycles. The molecule has 1 fully saturated rings. The average molecular weight is 232 g/mol. The van der Waals surface area contributed by atoms with Gasteiger partial charge in [-0.25, -0.2) is 0 Å². The minimum Gasteiger partial charge on any atom is -0.480 e. The van der Waals surface area contributed by atoms with Crippen molar-refractivity contribution in [1.29, 1.82) is 0 Å². The van der Waals surface area contributed by atoms with Gasteiger partial charge >= 0.3 is 5.97 Å². The number of thioether (sulfide) groups is 1. The van der Waals surface area contributed by atoms with Gasteiger partial charge in [0.05, 0.1) is 6.54 Å². The van der Waals surface area contributed by atoms with Gasteiger partial charge in [-0.3, -0.25) is 14.6 Å². The van der Waals surface area contributed by atoms with Gasteiger partial charge < -0.3 is 5.11 Å². The number of aliphatic carboxylic acids is 1. The molecule has 0 unspecified atom stereocenters. The third-order valence-corrected chi connectivity index (χ3v) is 3.46. The number of nitrogens with zero attached hydrogens (tertiary/aromatic N) is 2. The summed E-state index contributed by atoms with van der Waals surface area (Å²) in [6.45, 7) is 7.31. The minimum atomic E-state index is -0.718. The van der Waals surface area contributed by atoms with Gasteiger partial charge in [0.1, 0.15) is 0 Å². The van der Waals surface area contributed by atoms with Crippen molar-refractivity contribution >= 4 is 17.7 Å². The van der Waals surface area contributed by atoms with Gasteiger partial charge in [0.25, 0.3) is 0 Å². The monoisotopic (exact) mass is 232 g/mol. The molecule has 1 aliphatic heterocycles. The van der Waals surface area contributed by atoms with Crippen LogP contribution in [0.1, 0.15) is 6.92 Å². The van der Waals surface area contributed by atoms with Gasteiger partial charge in [-0.15, -0.1) is 0 Å². The lowest BCUT2D eigenvalue weighted by Gasteiger charge is -2.33. The fourth-order valence-corrected chi connectivity index (χ4v) is 2.38. The third kappa shape index (κ3) is 5.39. The predicted molar refractivity (Wildman–Crippen MR) is 63.5 cm³/mol. The number of rotatable bonds is 6. The number of hydrogen-bond donors (Lipinski definition) is 1. The van der Waals surface area contributed by atoms with Crippen LogP contribution in [0.5, 0.6) is 0 Å². The van der Waals surface area contributed by atoms with Crippen molar-refractivity contribution in [2.75, 3.05) is 50.8 Å². The van der Waals surface area contributed by atoms with Crippen molar-refractivity contribution in [3.63, 3.8) is 0 Å². The van der Waals surface area contributed by atoms with Crippen LogP contribution in [0.25, 0.3) is 0 Å². The van der Waals surface area contributed by atoms with Gasteiger partial charge in [-0.05, 0) is 5.75 Å². The maximum atomic E-state index is 10.5. The Bertz CT molecular complexity index is 194. The molecule has 1 aliphatic rings. The van der Waals surface area contributed by atoms with Crippen molar-refractivity contribution in [1.82, 2.24) is 9.80 Å². The zero-order valence-electron chi connectivity index (χ0n) is 9.31. The SMILES string of the molecule is CCSCCN1CCN(CC(=O)O)CC1. The number of carboxylic acids is 1. The molecular formula is C10H20N2O2S. The Kier molecular flexibility index (Phi) is 6.05. The van der Waals surface area contributed by atoms with Crippen LogP contribution >= 0.6 is 11.8 Å². The fourth-order valence-electron chi connectivity index (χ4n) is 1.70. The second kappa shape index (κ2) is 7.09. The van der Waals surface area contributed by atoms with Gasteiger partial charge in [0.2, 0.25) is 0 Å². The molecule has 0 aromatic carbocycles. The Morgan fingerprint density at radius 3 is 2.40 bits per heavy atom. The second-order valence-corrected chi connectivity index (χ2v) is 5.10. The maximum Gasteiger partial charge on any atom is 0.317 e. The Hall–Kier alpha value is -0.260. The average Bonchev–Trinajstić information content (AvgIpc) is 2.20. The molecule has 0 aliphatic carbocycles. The highest BCUT2D eigenvalue weighted by molar-refractivity contribution is 7.99. The molecule has 5 heteroatoms. The quantitative estimate of drug-likeness (QED) is 0.673. The van der Waals surface area contributed by atoms with Crippen LogP contribution in [0.15, 0.2) is 0 Å². The Morgan fingerprint density at radius 1 is 1.27 bits per heavy atom. The Balaban J connectivity index is 2.10. The second-order valence-electron chi connectivity index (χ2n) is 3.71. The molecule has 0 radical (unpaired) electrons. The molecule has 15 heavy (non-hydrogen) atoms. The molecule has 1 saturated heterocycles. The van der Waals surface area contributed by atoms with Crippen molar-refractivity contribution in [2.45, 2.75) is 6.92 Å². The van der Waals surface area contributed by atoms with E-state index < -0.39 is 5.97 Å². The molecule has 0 aromatic heterocycles. The molecule has 0 saturated carbocycles. The largest absolute Gasteiger partial charge is 0.480 e. The van der Waals surface area contributed by atoms with Gasteiger partial charge in [-0.1, -0.05) is 6.92 Å². The van der Waals surface area contributed by atoms with E-state index in [2.05, 4.69) is 11.8 Å². The lowest BCUT2D eigenvalue weighted by molar-refractivity contribution is -0.138. The highest BCUT2D eigenvalue weighted by Gasteiger charge is 2.17. The predicted octanol–water partition coefficient (Wildman–Crippen LogP) is 0.442. The summed E-state index contributed by atoms with van der Waals surface area (Å²) >= 11 is 1.96. The first-order chi connectivity index (χ1) is 7.22. The summed E-state index contributed by atoms with van der Waals surface area (Å²) < 4.78 is 0. The van der Waals surface area contributed by atoms with Crippen LogP contribution < -0.4 is 0 Å². The number of hydrogen-bond acceptors (Lipinski definition) is 4. The summed E-state index contributed by atoms with van der Waals surface area (Å²) in [7, 11) is 0. The molecule has 1 N–H and O–H groups in total. The van der Waals surface area contributed by atoms with Crippen molar-refractivity contribution in [3.05, 3.63) is 0 Å². The van der Waals surface area contributed by atoms with Crippen LogP contribution in [0.2, 0.25) is 0 Å². The summed E-state index contributed by atoms with van der Waals surface area (Å²) in [4.78, 5) is 14.9. The standard InChI is InChI=1S/C10H20N2O2S/c1-2-15-8-7-11-3-5-12(6-4-11)9-10(13)14/h2-9H2,1H3,(H,13,14). The summed E-state index contributed by atoms with van der Waals surface area (Å²) in [5.41, 5.74) is 0. The van der Waals surface area contributed by atoms with Crippen LogP contribution in [-0.4, -0.2) is 71.6 Å². The lowest BCUT2D eigenvalue weighted by atomic mass is 10.3. The zero-order chi connectivity index (χ0) is 11.1. The van der Waals surface area contributed by atoms with Crippen LogP contribution in [0.4, 0.5) is 0 Å². The van der Waals surface area contributed by atoms with Crippen LogP contribution in [0, 0.1) is 0 Å². The summed E-state index contributed by atoms with van der Waals surface area (Å²) in [5.74, 6) is 1.65. The molecular weight excluding hydrogens is 212 g/mol. The number of piperazine rings is 1. The van der Waals surface area contributed by atoms with Gasteiger partial charge in [-0.2, -0.15) is 11.8 Å². The van der Waals surface area contributed by atoms with E-state index in [-0.39, 0.29) is 6.54 Å². The van der Waals surface area contributed by atoms with E-state index in [1.54, 1.807) is 0 Å². The molecule has 0 spiro atoms. The third-order valence-electron chi connectivity index (χ3n) is 2.58. The number of carboxylic acid groups (broad SMARTS) is 1. The van der Waals surface area contributed by atoms with E-state index in [1.165, 1.54) is 11.5 Å². The molecule has 0 atom stereocenters. The fraction of sp³-hybridized carbons (Fsp3) is 0.900. The summed E-state index contributed by atoms with van der Waals surface area (Å²) in [5, 5.41) is 8.65. The van der Waals surface area contributed by atoms with E-state index in [4.69, 9.17) is 5.11 Å². The topological polar surface area (TPSA) is 43.8 Å². The van der Waals surface area contributed by atoms with Crippen LogP contribution in [-0.2, 0) is 4.79 Å². The van der Waals surface area contributed by atoms with Crippen LogP contribution in [0.3, 0.4) is 0 Å². The first kappa shape index (κ1) is 12.8. The van der Waals surface area contributed by atoms with Crippen molar-refractivity contribution < 1.29 is 9.90 Å². The van der Waals surface area contributed by atoms with E-state index >= 15 is 0 Å². The Labute approximate surface area is 95.6 Å². The first-order valence-electron chi connectivity index (χ1n) is 5.46. The zero-order valence-corrected chi connectivity index (χ0v) is 10.1. The normalized spacial score (nSPS) is 19.3. The highest BCUT2D eigenvalue weighted by Crippen LogP contribution is 2.04. The van der Waals surface area contributed by atoms with Crippen molar-refractivity contribution in [2.24, 2.45) is 0 Å². The molecule has 0 bridgehead atoms. The minimum absolute atomic E-state index is 0.192. The van der Waals surface area contributed by atoms with E-state index in [0.29, 0.717) is 0 Å². The molecule has 1 rings (SSSR count). The van der Waals surface area contributed by atoms with E-state index in [0.717, 1.165) is 32.7 Å². The smallest absolute Gasteiger partial charge is 0.317 e. The maximum absolute atomic E-state index is 10.5. The van der Waals surface area contributed by atoms with Gasteiger partial charge in [0.15, 0.2) is 0 Å². The summed E-state index contributed by atoms with van der Waals surface area (Å²) in [6, 6.07) is 0. The van der Waals surface area contributed by atoms with Crippen molar-refractivity contribution in [3.8, 4) is 0 Å². The van der Waals surface area contributed by atoms with Gasteiger partial charge in [0, 0.05) is 38.5 Å². The lowest BCUT2D eigenvalue weighted by Crippen LogP contribution is -2.48. The molecule has 4 nitrogen and oxygen atoms in total. The summed E-state index contributed by atoms with van der Waals surface area (Å²) in [6.07, 6.45) is 0. The molecule has 0 amide bonds. The Morgan fingerprint density at radius 2 is 1.87 bits per heavy atom. The van der Waals surface area contributed by atoms with E-state index in [9.17, 15) is 4.79 Å². The molecule has 88 valence electrons. The van der Waals surface area contributed by atoms with E-state index in [1.807, 2.05) is 16.7 Å². The molecule has 0 aromatic rings. The first-order valence-corrected chi connectivity index (χ1v) is 6.62.